The summed E-state index contributed by atoms with van der Waals surface area (Å²) in [5, 5.41) is 11.2. The van der Waals surface area contributed by atoms with Crippen molar-refractivity contribution in [1.82, 2.24) is 14.4 Å². The number of alkyl halides is 3. The second-order valence-corrected chi connectivity index (χ2v) is 11.0. The summed E-state index contributed by atoms with van der Waals surface area (Å²) in [5.41, 5.74) is 17.2. The first-order chi connectivity index (χ1) is 20.1. The number of phenols is 1. The van der Waals surface area contributed by atoms with Crippen LogP contribution in [0.1, 0.15) is 23.1 Å². The standard InChI is InChI=1S/C31H35ClF3N5O2/c32-29-16-24(41)4-3-22(29)19-39-12-10-38(11-13-39)18-21-2-7-30-27(14-21)28(20-40(30)9-1-8-36)26-6-5-25(15-23(26)17-37)42-31(33,34)35/h2-7,14-16,20,41H,1,8-13,17-19,36-37H2. The van der Waals surface area contributed by atoms with Crippen molar-refractivity contribution in [1.29, 1.82) is 0 Å². The molecular weight excluding hydrogens is 567 g/mol. The fourth-order valence-corrected chi connectivity index (χ4v) is 5.81. The first kappa shape index (κ1) is 30.2. The van der Waals surface area contributed by atoms with E-state index in [1.165, 1.54) is 12.1 Å². The number of phenolic OH excluding ortho intramolecular Hbond substituents is 1. The summed E-state index contributed by atoms with van der Waals surface area (Å²) < 4.78 is 44.8. The van der Waals surface area contributed by atoms with Gasteiger partial charge in [-0.3, -0.25) is 9.80 Å². The van der Waals surface area contributed by atoms with Gasteiger partial charge in [-0.25, -0.2) is 0 Å². The van der Waals surface area contributed by atoms with Crippen LogP contribution in [0.4, 0.5) is 13.2 Å². The van der Waals surface area contributed by atoms with Crippen LogP contribution in [0, 0.1) is 0 Å². The van der Waals surface area contributed by atoms with E-state index in [-0.39, 0.29) is 18.0 Å². The average Bonchev–Trinajstić information content (AvgIpc) is 3.31. The molecule has 2 heterocycles. The van der Waals surface area contributed by atoms with Crippen LogP contribution in [0.15, 0.2) is 60.8 Å². The average molecular weight is 602 g/mol. The normalized spacial score (nSPS) is 15.0. The number of benzene rings is 3. The number of fused-ring (bicyclic) bond motifs is 1. The van der Waals surface area contributed by atoms with Crippen molar-refractivity contribution in [2.75, 3.05) is 32.7 Å². The minimum absolute atomic E-state index is 0.0686. The van der Waals surface area contributed by atoms with Gasteiger partial charge in [-0.1, -0.05) is 29.8 Å². The fourth-order valence-electron chi connectivity index (χ4n) is 5.57. The number of hydrogen-bond donors (Lipinski definition) is 3. The molecule has 3 aromatic carbocycles. The third-order valence-electron chi connectivity index (χ3n) is 7.67. The summed E-state index contributed by atoms with van der Waals surface area (Å²) in [5.74, 6) is -0.124. The van der Waals surface area contributed by atoms with Crippen molar-refractivity contribution in [3.63, 3.8) is 0 Å². The van der Waals surface area contributed by atoms with E-state index in [4.69, 9.17) is 23.1 Å². The van der Waals surface area contributed by atoms with E-state index >= 15 is 0 Å². The zero-order chi connectivity index (χ0) is 29.9. The van der Waals surface area contributed by atoms with Crippen LogP contribution in [-0.4, -0.2) is 58.6 Å². The van der Waals surface area contributed by atoms with Gasteiger partial charge in [-0.05, 0) is 71.6 Å². The molecule has 0 spiro atoms. The highest BCUT2D eigenvalue weighted by Gasteiger charge is 2.31. The van der Waals surface area contributed by atoms with Crippen LogP contribution in [0.25, 0.3) is 22.0 Å². The first-order valence-electron chi connectivity index (χ1n) is 14.0. The van der Waals surface area contributed by atoms with Gasteiger partial charge in [0.15, 0.2) is 0 Å². The Morgan fingerprint density at radius 2 is 1.60 bits per heavy atom. The number of aromatic nitrogens is 1. The second kappa shape index (κ2) is 12.9. The van der Waals surface area contributed by atoms with Gasteiger partial charge in [0.1, 0.15) is 11.5 Å². The predicted octanol–water partition coefficient (Wildman–Crippen LogP) is 5.69. The Morgan fingerprint density at radius 1 is 0.857 bits per heavy atom. The van der Waals surface area contributed by atoms with Crippen molar-refractivity contribution in [3.8, 4) is 22.6 Å². The number of ether oxygens (including phenoxy) is 1. The van der Waals surface area contributed by atoms with Crippen LogP contribution in [0.3, 0.4) is 0 Å². The lowest BCUT2D eigenvalue weighted by Gasteiger charge is -2.35. The number of aromatic hydroxyl groups is 1. The zero-order valence-corrected chi connectivity index (χ0v) is 24.0. The molecule has 224 valence electrons. The lowest BCUT2D eigenvalue weighted by atomic mass is 9.98. The van der Waals surface area contributed by atoms with Gasteiger partial charge in [0, 0.05) is 80.0 Å². The Labute approximate surface area is 248 Å². The maximum atomic E-state index is 12.8. The molecule has 0 unspecified atom stereocenters. The molecule has 0 aliphatic carbocycles. The molecule has 1 aromatic heterocycles. The highest BCUT2D eigenvalue weighted by molar-refractivity contribution is 6.31. The minimum atomic E-state index is -4.77. The number of nitrogens with zero attached hydrogens (tertiary/aromatic N) is 3. The smallest absolute Gasteiger partial charge is 0.508 e. The summed E-state index contributed by atoms with van der Waals surface area (Å²) in [7, 11) is 0. The molecule has 0 radical (unpaired) electrons. The molecule has 4 aromatic rings. The number of rotatable bonds is 10. The van der Waals surface area contributed by atoms with Gasteiger partial charge in [0.05, 0.1) is 0 Å². The molecule has 1 aliphatic heterocycles. The van der Waals surface area contributed by atoms with Crippen LogP contribution >= 0.6 is 11.6 Å². The van der Waals surface area contributed by atoms with Gasteiger partial charge >= 0.3 is 6.36 Å². The molecule has 0 atom stereocenters. The molecule has 1 aliphatic rings. The van der Waals surface area contributed by atoms with Crippen LogP contribution in [-0.2, 0) is 26.2 Å². The molecule has 5 N–H and O–H groups in total. The topological polar surface area (TPSA) is 92.9 Å². The molecule has 0 bridgehead atoms. The lowest BCUT2D eigenvalue weighted by Crippen LogP contribution is -2.45. The van der Waals surface area contributed by atoms with Crippen LogP contribution in [0.2, 0.25) is 5.02 Å². The van der Waals surface area contributed by atoms with E-state index in [2.05, 4.69) is 37.3 Å². The zero-order valence-electron chi connectivity index (χ0n) is 23.2. The number of halogens is 4. The van der Waals surface area contributed by atoms with Crippen LogP contribution in [0.5, 0.6) is 11.5 Å². The minimum Gasteiger partial charge on any atom is -0.508 e. The van der Waals surface area contributed by atoms with Gasteiger partial charge in [0.25, 0.3) is 0 Å². The number of nitrogens with two attached hydrogens (primary N) is 2. The van der Waals surface area contributed by atoms with E-state index in [1.807, 2.05) is 12.3 Å². The monoisotopic (exact) mass is 601 g/mol. The predicted molar refractivity (Wildman–Crippen MR) is 159 cm³/mol. The van der Waals surface area contributed by atoms with Gasteiger partial charge in [-0.15, -0.1) is 13.2 Å². The molecule has 1 fully saturated rings. The maximum absolute atomic E-state index is 12.8. The third kappa shape index (κ3) is 7.19. The Bertz CT molecular complexity index is 1530. The van der Waals surface area contributed by atoms with Gasteiger partial charge in [-0.2, -0.15) is 0 Å². The Hall–Kier alpha value is -3.28. The lowest BCUT2D eigenvalue weighted by molar-refractivity contribution is -0.274. The quantitative estimate of drug-likeness (QED) is 0.216. The van der Waals surface area contributed by atoms with Crippen molar-refractivity contribution in [2.45, 2.75) is 39.0 Å². The number of piperazine rings is 1. The SMILES string of the molecule is NCCCn1cc(-c2ccc(OC(F)(F)F)cc2CN)c2cc(CN3CCN(Cc4ccc(O)cc4Cl)CC3)ccc21. The molecular formula is C31H35ClF3N5O2. The molecule has 42 heavy (non-hydrogen) atoms. The van der Waals surface area contributed by atoms with Crippen LogP contribution < -0.4 is 16.2 Å². The Kier molecular flexibility index (Phi) is 9.29. The maximum Gasteiger partial charge on any atom is 0.573 e. The number of hydrogen-bond acceptors (Lipinski definition) is 6. The van der Waals surface area contributed by atoms with Crippen molar-refractivity contribution < 1.29 is 23.0 Å². The van der Waals surface area contributed by atoms with Crippen molar-refractivity contribution >= 4 is 22.5 Å². The van der Waals surface area contributed by atoms with E-state index in [0.717, 1.165) is 85.4 Å². The van der Waals surface area contributed by atoms with Crippen molar-refractivity contribution in [2.24, 2.45) is 11.5 Å². The first-order valence-corrected chi connectivity index (χ1v) is 14.3. The summed E-state index contributed by atoms with van der Waals surface area (Å²) in [4.78, 5) is 4.77. The Morgan fingerprint density at radius 3 is 2.26 bits per heavy atom. The molecule has 7 nitrogen and oxygen atoms in total. The third-order valence-corrected chi connectivity index (χ3v) is 8.02. The largest absolute Gasteiger partial charge is 0.573 e. The Balaban J connectivity index is 1.36. The van der Waals surface area contributed by atoms with E-state index in [1.54, 1.807) is 18.2 Å². The van der Waals surface area contributed by atoms with E-state index in [0.29, 0.717) is 17.1 Å². The van der Waals surface area contributed by atoms with Gasteiger partial charge < -0.3 is 25.9 Å². The van der Waals surface area contributed by atoms with Gasteiger partial charge in [0.2, 0.25) is 0 Å². The molecule has 0 amide bonds. The molecule has 1 saturated heterocycles. The summed E-state index contributed by atoms with van der Waals surface area (Å²) in [6.45, 7) is 6.44. The highest BCUT2D eigenvalue weighted by atomic mass is 35.5. The summed E-state index contributed by atoms with van der Waals surface area (Å²) in [6.07, 6.45) is -1.94. The molecule has 5 rings (SSSR count). The highest BCUT2D eigenvalue weighted by Crippen LogP contribution is 2.36. The van der Waals surface area contributed by atoms with Crippen molar-refractivity contribution in [3.05, 3.63) is 82.5 Å². The van der Waals surface area contributed by atoms with E-state index in [9.17, 15) is 18.3 Å². The summed E-state index contributed by atoms with van der Waals surface area (Å²) in [6, 6.07) is 15.9. The second-order valence-electron chi connectivity index (χ2n) is 10.6. The van der Waals surface area contributed by atoms with E-state index < -0.39 is 6.36 Å². The number of aryl methyl sites for hydroxylation is 1. The summed E-state index contributed by atoms with van der Waals surface area (Å²) >= 11 is 6.31. The fraction of sp³-hybridized carbons (Fsp3) is 0.355. The molecule has 11 heteroatoms. The molecule has 0 saturated carbocycles.